The van der Waals surface area contributed by atoms with Crippen LogP contribution in [0.15, 0.2) is 18.2 Å². The number of aryl methyl sites for hydroxylation is 1. The molecular weight excluding hydrogens is 339 g/mol. The number of unbranched alkanes of at least 4 members (excludes halogenated alkanes) is 3. The smallest absolute Gasteiger partial charge is 0.216 e. The minimum atomic E-state index is -0.955. The molecule has 2 aromatic rings. The number of hydrogen-bond donors (Lipinski definition) is 1. The first-order chi connectivity index (χ1) is 12.5. The van der Waals surface area contributed by atoms with E-state index in [0.29, 0.717) is 48.1 Å². The van der Waals surface area contributed by atoms with E-state index in [1.807, 2.05) is 6.07 Å². The maximum atomic E-state index is 14.3. The molecule has 26 heavy (non-hydrogen) atoms. The van der Waals surface area contributed by atoms with Crippen molar-refractivity contribution in [2.45, 2.75) is 64.2 Å². The van der Waals surface area contributed by atoms with Gasteiger partial charge < -0.3 is 5.11 Å². The second-order valence-corrected chi connectivity index (χ2v) is 7.10. The van der Waals surface area contributed by atoms with Crippen molar-refractivity contribution in [3.05, 3.63) is 58.2 Å². The molecule has 0 bridgehead atoms. The van der Waals surface area contributed by atoms with Crippen molar-refractivity contribution < 1.29 is 18.3 Å². The summed E-state index contributed by atoms with van der Waals surface area (Å²) in [7, 11) is 0. The number of aromatic hydroxyl groups is 1. The van der Waals surface area contributed by atoms with Gasteiger partial charge in [-0.2, -0.15) is 4.39 Å². The Bertz CT molecular complexity index is 791. The molecule has 1 aliphatic carbocycles. The maximum Gasteiger partial charge on any atom is 0.216 e. The summed E-state index contributed by atoms with van der Waals surface area (Å²) in [6.45, 7) is 2.14. The normalized spacial score (nSPS) is 16.5. The Morgan fingerprint density at radius 3 is 2.69 bits per heavy atom. The number of nitrogens with zero attached hydrogens (tertiary/aromatic N) is 1. The van der Waals surface area contributed by atoms with Crippen molar-refractivity contribution >= 4 is 0 Å². The number of benzene rings is 1. The van der Waals surface area contributed by atoms with E-state index in [1.165, 1.54) is 6.07 Å². The zero-order valence-corrected chi connectivity index (χ0v) is 15.0. The van der Waals surface area contributed by atoms with E-state index in [2.05, 4.69) is 11.9 Å². The molecule has 0 radical (unpaired) electrons. The number of phenols is 1. The number of rotatable bonds is 6. The van der Waals surface area contributed by atoms with E-state index in [1.54, 1.807) is 6.07 Å². The zero-order valence-electron chi connectivity index (χ0n) is 15.0. The average Bonchev–Trinajstić information content (AvgIpc) is 2.64. The third kappa shape index (κ3) is 3.87. The Hall–Kier alpha value is -2.04. The van der Waals surface area contributed by atoms with Crippen LogP contribution in [-0.2, 0) is 19.3 Å². The highest BCUT2D eigenvalue weighted by Crippen LogP contribution is 2.37. The fraction of sp³-hybridized carbons (Fsp3) is 0.476. The minimum Gasteiger partial charge on any atom is -0.503 e. The van der Waals surface area contributed by atoms with E-state index >= 15 is 0 Å². The van der Waals surface area contributed by atoms with Crippen LogP contribution in [0.3, 0.4) is 0 Å². The largest absolute Gasteiger partial charge is 0.503 e. The van der Waals surface area contributed by atoms with Crippen LogP contribution >= 0.6 is 0 Å². The Balaban J connectivity index is 1.73. The van der Waals surface area contributed by atoms with E-state index in [-0.39, 0.29) is 5.92 Å². The fourth-order valence-electron chi connectivity index (χ4n) is 3.72. The molecule has 3 rings (SSSR count). The molecule has 1 N–H and O–H groups in total. The highest BCUT2D eigenvalue weighted by Gasteiger charge is 2.27. The Kier molecular flexibility index (Phi) is 5.84. The van der Waals surface area contributed by atoms with Crippen molar-refractivity contribution in [1.82, 2.24) is 4.98 Å². The first-order valence-corrected chi connectivity index (χ1v) is 9.35. The van der Waals surface area contributed by atoms with Crippen LogP contribution < -0.4 is 0 Å². The molecule has 1 aromatic carbocycles. The molecule has 0 aliphatic heterocycles. The molecule has 0 amide bonds. The van der Waals surface area contributed by atoms with Crippen LogP contribution in [0.25, 0.3) is 0 Å². The summed E-state index contributed by atoms with van der Waals surface area (Å²) in [6, 6.07) is 4.80. The van der Waals surface area contributed by atoms with E-state index < -0.39 is 23.3 Å². The monoisotopic (exact) mass is 363 g/mol. The van der Waals surface area contributed by atoms with Gasteiger partial charge in [-0.1, -0.05) is 32.3 Å². The lowest BCUT2D eigenvalue weighted by Crippen LogP contribution is -2.16. The van der Waals surface area contributed by atoms with E-state index in [9.17, 15) is 18.3 Å². The summed E-state index contributed by atoms with van der Waals surface area (Å²) in [5.41, 5.74) is 2.13. The first kappa shape index (κ1) is 18.7. The van der Waals surface area contributed by atoms with Crippen molar-refractivity contribution in [3.8, 4) is 5.75 Å². The molecule has 140 valence electrons. The number of aromatic nitrogens is 1. The van der Waals surface area contributed by atoms with Crippen molar-refractivity contribution in [1.29, 1.82) is 0 Å². The number of phenolic OH excluding ortho intramolecular Hbond substituents is 1. The third-order valence-electron chi connectivity index (χ3n) is 5.26. The molecule has 0 saturated carbocycles. The van der Waals surface area contributed by atoms with E-state index in [4.69, 9.17) is 0 Å². The number of hydrogen-bond acceptors (Lipinski definition) is 2. The van der Waals surface area contributed by atoms with Gasteiger partial charge in [0, 0.05) is 17.2 Å². The molecule has 2 nitrogen and oxygen atoms in total. The lowest BCUT2D eigenvalue weighted by Gasteiger charge is -2.25. The third-order valence-corrected chi connectivity index (χ3v) is 5.26. The quantitative estimate of drug-likeness (QED) is 0.535. The Labute approximate surface area is 152 Å². The van der Waals surface area contributed by atoms with Crippen LogP contribution in [0, 0.1) is 17.6 Å². The topological polar surface area (TPSA) is 33.1 Å². The molecule has 1 aliphatic rings. The van der Waals surface area contributed by atoms with Gasteiger partial charge in [-0.25, -0.2) is 13.8 Å². The fourth-order valence-corrected chi connectivity index (χ4v) is 3.72. The second kappa shape index (κ2) is 8.11. The highest BCUT2D eigenvalue weighted by atomic mass is 19.1. The molecule has 1 atom stereocenters. The summed E-state index contributed by atoms with van der Waals surface area (Å²) in [5.74, 6) is -3.26. The molecule has 1 aromatic heterocycles. The summed E-state index contributed by atoms with van der Waals surface area (Å²) >= 11 is 0. The van der Waals surface area contributed by atoms with Crippen LogP contribution in [0.2, 0.25) is 0 Å². The number of halogens is 3. The standard InChI is InChI=1S/C21H24F3NO/c1-2-3-4-5-6-13-8-10-18(25-21(13)24)14-7-9-16-15(11-14)12-17(22)20(26)19(16)23/h8,10,12,14,26H,2-7,9,11H2,1H3. The average molecular weight is 363 g/mol. The Morgan fingerprint density at radius 1 is 1.15 bits per heavy atom. The van der Waals surface area contributed by atoms with Crippen LogP contribution in [0.4, 0.5) is 13.2 Å². The van der Waals surface area contributed by atoms with Gasteiger partial charge in [0.15, 0.2) is 17.4 Å². The van der Waals surface area contributed by atoms with Crippen LogP contribution in [-0.4, -0.2) is 10.1 Å². The van der Waals surface area contributed by atoms with Gasteiger partial charge in [0.2, 0.25) is 5.95 Å². The summed E-state index contributed by atoms with van der Waals surface area (Å²) in [5, 5.41) is 9.40. The predicted molar refractivity (Wildman–Crippen MR) is 94.8 cm³/mol. The predicted octanol–water partition coefficient (Wildman–Crippen LogP) is 5.60. The summed E-state index contributed by atoms with van der Waals surface area (Å²) in [6.07, 6.45) is 6.37. The molecule has 0 saturated heterocycles. The van der Waals surface area contributed by atoms with Crippen LogP contribution in [0.5, 0.6) is 5.75 Å². The highest BCUT2D eigenvalue weighted by molar-refractivity contribution is 5.41. The molecule has 1 heterocycles. The minimum absolute atomic E-state index is 0.0746. The summed E-state index contributed by atoms with van der Waals surface area (Å²) < 4.78 is 41.9. The van der Waals surface area contributed by atoms with Gasteiger partial charge in [0.25, 0.3) is 0 Å². The van der Waals surface area contributed by atoms with Gasteiger partial charge in [-0.05, 0) is 55.4 Å². The van der Waals surface area contributed by atoms with Gasteiger partial charge in [0.05, 0.1) is 0 Å². The van der Waals surface area contributed by atoms with Gasteiger partial charge in [0.1, 0.15) is 0 Å². The molecule has 0 spiro atoms. The van der Waals surface area contributed by atoms with Crippen molar-refractivity contribution in [2.24, 2.45) is 0 Å². The summed E-state index contributed by atoms with van der Waals surface area (Å²) in [4.78, 5) is 4.13. The SMILES string of the molecule is CCCCCCc1ccc(C2CCc3c(cc(F)c(O)c3F)C2)nc1F. The van der Waals surface area contributed by atoms with Crippen LogP contribution in [0.1, 0.15) is 67.3 Å². The number of pyridine rings is 1. The van der Waals surface area contributed by atoms with Gasteiger partial charge >= 0.3 is 0 Å². The molecule has 5 heteroatoms. The lowest BCUT2D eigenvalue weighted by atomic mass is 9.81. The zero-order chi connectivity index (χ0) is 18.7. The van der Waals surface area contributed by atoms with Crippen molar-refractivity contribution in [3.63, 3.8) is 0 Å². The van der Waals surface area contributed by atoms with Gasteiger partial charge in [-0.3, -0.25) is 0 Å². The van der Waals surface area contributed by atoms with Gasteiger partial charge in [-0.15, -0.1) is 0 Å². The molecular formula is C21H24F3NO. The van der Waals surface area contributed by atoms with E-state index in [0.717, 1.165) is 25.7 Å². The van der Waals surface area contributed by atoms with Crippen molar-refractivity contribution in [2.75, 3.05) is 0 Å². The molecule has 0 fully saturated rings. The molecule has 1 unspecified atom stereocenters. The lowest BCUT2D eigenvalue weighted by molar-refractivity contribution is 0.387. The maximum absolute atomic E-state index is 14.3. The first-order valence-electron chi connectivity index (χ1n) is 9.35. The second-order valence-electron chi connectivity index (χ2n) is 7.10. The number of fused-ring (bicyclic) bond motifs is 1. The Morgan fingerprint density at radius 2 is 1.96 bits per heavy atom.